The first-order chi connectivity index (χ1) is 16.9. The highest BCUT2D eigenvalue weighted by molar-refractivity contribution is 6.30. The Hall–Kier alpha value is -3.31. The summed E-state index contributed by atoms with van der Waals surface area (Å²) in [5.74, 6) is 0.397. The SMILES string of the molecule is CC[C@@H](C)NC(=O)[C@@H](Cc1ccccc1)N(Cc1cccc(OC)c1)C(=O)Cc1cccc(Cl)c1. The van der Waals surface area contributed by atoms with Crippen molar-refractivity contribution in [2.45, 2.75) is 51.7 Å². The van der Waals surface area contributed by atoms with E-state index in [-0.39, 0.29) is 30.8 Å². The number of carbonyl (C=O) groups excluding carboxylic acids is 2. The zero-order chi connectivity index (χ0) is 25.2. The minimum atomic E-state index is -0.677. The van der Waals surface area contributed by atoms with Crippen LogP contribution < -0.4 is 10.1 Å². The maximum atomic E-state index is 13.7. The average molecular weight is 493 g/mol. The van der Waals surface area contributed by atoms with Crippen LogP contribution in [0.1, 0.15) is 37.0 Å². The van der Waals surface area contributed by atoms with Crippen LogP contribution in [0.3, 0.4) is 0 Å². The molecule has 3 aromatic carbocycles. The molecule has 6 heteroatoms. The lowest BCUT2D eigenvalue weighted by molar-refractivity contribution is -0.141. The molecule has 0 unspecified atom stereocenters. The van der Waals surface area contributed by atoms with Gasteiger partial charge >= 0.3 is 0 Å². The Balaban J connectivity index is 1.98. The Morgan fingerprint density at radius 2 is 1.63 bits per heavy atom. The molecule has 0 radical (unpaired) electrons. The fourth-order valence-electron chi connectivity index (χ4n) is 3.89. The average Bonchev–Trinajstić information content (AvgIpc) is 2.86. The maximum Gasteiger partial charge on any atom is 0.243 e. The number of ether oxygens (including phenoxy) is 1. The molecule has 3 rings (SSSR count). The van der Waals surface area contributed by atoms with E-state index in [0.717, 1.165) is 23.1 Å². The zero-order valence-electron chi connectivity index (χ0n) is 20.5. The summed E-state index contributed by atoms with van der Waals surface area (Å²) in [5.41, 5.74) is 2.68. The van der Waals surface area contributed by atoms with E-state index in [4.69, 9.17) is 16.3 Å². The summed E-state index contributed by atoms with van der Waals surface area (Å²) < 4.78 is 5.38. The molecule has 5 nitrogen and oxygen atoms in total. The van der Waals surface area contributed by atoms with E-state index in [2.05, 4.69) is 5.32 Å². The van der Waals surface area contributed by atoms with Gasteiger partial charge in [0.25, 0.3) is 0 Å². The number of nitrogens with one attached hydrogen (secondary N) is 1. The second kappa shape index (κ2) is 13.0. The molecule has 0 aliphatic carbocycles. The van der Waals surface area contributed by atoms with Crippen LogP contribution in [-0.4, -0.2) is 35.9 Å². The van der Waals surface area contributed by atoms with Crippen molar-refractivity contribution in [3.05, 3.63) is 101 Å². The van der Waals surface area contributed by atoms with E-state index in [1.54, 1.807) is 24.1 Å². The Morgan fingerprint density at radius 1 is 0.943 bits per heavy atom. The highest BCUT2D eigenvalue weighted by Crippen LogP contribution is 2.20. The molecule has 3 aromatic rings. The van der Waals surface area contributed by atoms with Crippen molar-refractivity contribution in [1.29, 1.82) is 0 Å². The zero-order valence-corrected chi connectivity index (χ0v) is 21.3. The van der Waals surface area contributed by atoms with Crippen LogP contribution in [0.15, 0.2) is 78.9 Å². The van der Waals surface area contributed by atoms with Crippen molar-refractivity contribution >= 4 is 23.4 Å². The van der Waals surface area contributed by atoms with Crippen molar-refractivity contribution in [2.24, 2.45) is 0 Å². The third-order valence-electron chi connectivity index (χ3n) is 6.00. The van der Waals surface area contributed by atoms with Gasteiger partial charge in [0.15, 0.2) is 0 Å². The number of nitrogens with zero attached hydrogens (tertiary/aromatic N) is 1. The lowest BCUT2D eigenvalue weighted by Crippen LogP contribution is -2.52. The highest BCUT2D eigenvalue weighted by Gasteiger charge is 2.31. The lowest BCUT2D eigenvalue weighted by atomic mass is 10.0. The van der Waals surface area contributed by atoms with Crippen LogP contribution in [0.2, 0.25) is 5.02 Å². The van der Waals surface area contributed by atoms with Gasteiger partial charge in [0.05, 0.1) is 13.5 Å². The van der Waals surface area contributed by atoms with Crippen molar-refractivity contribution in [3.8, 4) is 5.75 Å². The fourth-order valence-corrected chi connectivity index (χ4v) is 4.10. The molecule has 0 saturated heterocycles. The molecule has 0 bridgehead atoms. The Morgan fingerprint density at radius 3 is 2.31 bits per heavy atom. The molecule has 2 amide bonds. The van der Waals surface area contributed by atoms with Crippen molar-refractivity contribution < 1.29 is 14.3 Å². The summed E-state index contributed by atoms with van der Waals surface area (Å²) in [6.07, 6.45) is 1.36. The summed E-state index contributed by atoms with van der Waals surface area (Å²) in [6, 6.07) is 24.0. The predicted molar refractivity (Wildman–Crippen MR) is 141 cm³/mol. The van der Waals surface area contributed by atoms with Gasteiger partial charge in [-0.15, -0.1) is 0 Å². The second-order valence-electron chi connectivity index (χ2n) is 8.70. The predicted octanol–water partition coefficient (Wildman–Crippen LogP) is 5.45. The molecule has 1 N–H and O–H groups in total. The summed E-state index contributed by atoms with van der Waals surface area (Å²) >= 11 is 6.16. The highest BCUT2D eigenvalue weighted by atomic mass is 35.5. The minimum Gasteiger partial charge on any atom is -0.497 e. The topological polar surface area (TPSA) is 58.6 Å². The molecule has 0 aliphatic heterocycles. The number of hydrogen-bond donors (Lipinski definition) is 1. The quantitative estimate of drug-likeness (QED) is 0.387. The summed E-state index contributed by atoms with van der Waals surface area (Å²) in [4.78, 5) is 29.0. The van der Waals surface area contributed by atoms with E-state index in [1.807, 2.05) is 80.6 Å². The van der Waals surface area contributed by atoms with Crippen molar-refractivity contribution in [2.75, 3.05) is 7.11 Å². The maximum absolute atomic E-state index is 13.7. The molecule has 0 aliphatic rings. The van der Waals surface area contributed by atoms with Gasteiger partial charge in [0, 0.05) is 24.0 Å². The molecule has 0 aromatic heterocycles. The number of carbonyl (C=O) groups is 2. The van der Waals surface area contributed by atoms with Gasteiger partial charge in [-0.1, -0.05) is 73.1 Å². The van der Waals surface area contributed by atoms with Crippen molar-refractivity contribution in [3.63, 3.8) is 0 Å². The second-order valence-corrected chi connectivity index (χ2v) is 9.14. The van der Waals surface area contributed by atoms with Crippen LogP contribution in [0, 0.1) is 0 Å². The monoisotopic (exact) mass is 492 g/mol. The molecule has 0 saturated carbocycles. The largest absolute Gasteiger partial charge is 0.497 e. The van der Waals surface area contributed by atoms with Crippen molar-refractivity contribution in [1.82, 2.24) is 10.2 Å². The van der Waals surface area contributed by atoms with E-state index in [9.17, 15) is 9.59 Å². The molecule has 0 spiro atoms. The Kier molecular flexibility index (Phi) is 9.74. The van der Waals surface area contributed by atoms with Gasteiger partial charge in [-0.2, -0.15) is 0 Å². The summed E-state index contributed by atoms with van der Waals surface area (Å²) in [7, 11) is 1.61. The molecule has 184 valence electrons. The number of hydrogen-bond acceptors (Lipinski definition) is 3. The number of halogens is 1. The van der Waals surface area contributed by atoms with Gasteiger partial charge in [-0.05, 0) is 54.3 Å². The Bertz CT molecular complexity index is 1120. The normalized spacial score (nSPS) is 12.5. The van der Waals surface area contributed by atoms with Gasteiger partial charge in [0.2, 0.25) is 11.8 Å². The van der Waals surface area contributed by atoms with E-state index in [1.165, 1.54) is 0 Å². The van der Waals surface area contributed by atoms with Gasteiger partial charge in [-0.3, -0.25) is 9.59 Å². The summed E-state index contributed by atoms with van der Waals surface area (Å²) in [5, 5.41) is 3.66. The van der Waals surface area contributed by atoms with E-state index in [0.29, 0.717) is 17.2 Å². The first kappa shape index (κ1) is 26.3. The first-order valence-corrected chi connectivity index (χ1v) is 12.3. The van der Waals surface area contributed by atoms with Gasteiger partial charge in [-0.25, -0.2) is 0 Å². The number of benzene rings is 3. The third kappa shape index (κ3) is 7.86. The molecule has 0 heterocycles. The van der Waals surface area contributed by atoms with E-state index >= 15 is 0 Å². The van der Waals surface area contributed by atoms with Gasteiger partial charge < -0.3 is 15.0 Å². The molecule has 35 heavy (non-hydrogen) atoms. The standard InChI is InChI=1S/C29H33ClN2O3/c1-4-21(2)31-29(34)27(18-22-10-6-5-7-11-22)32(20-24-13-9-15-26(17-24)35-3)28(33)19-23-12-8-14-25(30)16-23/h5-17,21,27H,4,18-20H2,1-3H3,(H,31,34)/t21-,27-/m1/s1. The van der Waals surface area contributed by atoms with Crippen LogP contribution >= 0.6 is 11.6 Å². The molecule has 2 atom stereocenters. The minimum absolute atomic E-state index is 0.00229. The number of methoxy groups -OCH3 is 1. The fraction of sp³-hybridized carbons (Fsp3) is 0.310. The molecular weight excluding hydrogens is 460 g/mol. The number of amides is 2. The van der Waals surface area contributed by atoms with Gasteiger partial charge in [0.1, 0.15) is 11.8 Å². The van der Waals surface area contributed by atoms with Crippen LogP contribution in [0.4, 0.5) is 0 Å². The van der Waals surface area contributed by atoms with E-state index < -0.39 is 6.04 Å². The Labute approximate surface area is 213 Å². The van der Waals surface area contributed by atoms with Crippen LogP contribution in [0.25, 0.3) is 0 Å². The first-order valence-electron chi connectivity index (χ1n) is 11.9. The lowest BCUT2D eigenvalue weighted by Gasteiger charge is -2.32. The third-order valence-corrected chi connectivity index (χ3v) is 6.24. The molecule has 0 fully saturated rings. The molecular formula is C29H33ClN2O3. The smallest absolute Gasteiger partial charge is 0.243 e. The van der Waals surface area contributed by atoms with Crippen LogP contribution in [-0.2, 0) is 29.0 Å². The number of rotatable bonds is 11. The summed E-state index contributed by atoms with van der Waals surface area (Å²) in [6.45, 7) is 4.27. The van der Waals surface area contributed by atoms with Crippen LogP contribution in [0.5, 0.6) is 5.75 Å².